The molecule has 9 nitrogen and oxygen atoms in total. The number of hydrogen-bond donors (Lipinski definition) is 2. The van der Waals surface area contributed by atoms with Gasteiger partial charge in [-0.2, -0.15) is 0 Å². The largest absolute Gasteiger partial charge is 0.366 e. The molecule has 2 rings (SSSR count). The molecule has 26 heavy (non-hydrogen) atoms. The predicted octanol–water partition coefficient (Wildman–Crippen LogP) is 0.706. The fourth-order valence-electron chi connectivity index (χ4n) is 2.28. The number of ether oxygens (including phenoxy) is 2. The van der Waals surface area contributed by atoms with Gasteiger partial charge in [0, 0.05) is 25.3 Å². The molecule has 0 unspecified atom stereocenters. The van der Waals surface area contributed by atoms with Gasteiger partial charge >= 0.3 is 0 Å². The van der Waals surface area contributed by atoms with E-state index >= 15 is 0 Å². The molecule has 0 fully saturated rings. The first-order valence-corrected chi connectivity index (χ1v) is 8.33. The van der Waals surface area contributed by atoms with Crippen molar-refractivity contribution in [2.75, 3.05) is 13.2 Å². The molecule has 0 bridgehead atoms. The lowest BCUT2D eigenvalue weighted by Crippen LogP contribution is -2.24. The minimum Gasteiger partial charge on any atom is -0.366 e. The summed E-state index contributed by atoms with van der Waals surface area (Å²) in [6.07, 6.45) is 1.08. The van der Waals surface area contributed by atoms with E-state index in [1.807, 2.05) is 13.8 Å². The number of primary amides is 1. The molecule has 0 saturated carbocycles. The van der Waals surface area contributed by atoms with E-state index in [1.165, 1.54) is 10.9 Å². The SMILES string of the molecule is CCOC(Cn1cc(C(=O)NCc2cccc(C(N)=O)c2)nn1)OCC. The number of rotatable bonds is 10. The highest BCUT2D eigenvalue weighted by Gasteiger charge is 2.14. The van der Waals surface area contributed by atoms with Gasteiger partial charge in [0.25, 0.3) is 5.91 Å². The van der Waals surface area contributed by atoms with Gasteiger partial charge in [0.05, 0.1) is 12.7 Å². The molecule has 1 aromatic heterocycles. The third kappa shape index (κ3) is 5.64. The van der Waals surface area contributed by atoms with E-state index in [0.717, 1.165) is 5.56 Å². The van der Waals surface area contributed by atoms with E-state index in [4.69, 9.17) is 15.2 Å². The van der Waals surface area contributed by atoms with Crippen molar-refractivity contribution >= 4 is 11.8 Å². The van der Waals surface area contributed by atoms with Gasteiger partial charge < -0.3 is 20.5 Å². The molecule has 0 radical (unpaired) electrons. The number of aromatic nitrogens is 3. The highest BCUT2D eigenvalue weighted by atomic mass is 16.7. The molecular weight excluding hydrogens is 338 g/mol. The average molecular weight is 361 g/mol. The quantitative estimate of drug-likeness (QED) is 0.601. The zero-order chi connectivity index (χ0) is 18.9. The first-order valence-electron chi connectivity index (χ1n) is 8.33. The summed E-state index contributed by atoms with van der Waals surface area (Å²) in [5.74, 6) is -0.885. The number of nitrogens with one attached hydrogen (secondary N) is 1. The van der Waals surface area contributed by atoms with Crippen molar-refractivity contribution in [1.82, 2.24) is 20.3 Å². The molecular formula is C17H23N5O4. The molecule has 2 amide bonds. The van der Waals surface area contributed by atoms with Gasteiger partial charge in [0.15, 0.2) is 12.0 Å². The molecule has 0 aliphatic rings. The zero-order valence-electron chi connectivity index (χ0n) is 14.8. The van der Waals surface area contributed by atoms with E-state index in [0.29, 0.717) is 25.3 Å². The minimum atomic E-state index is -0.515. The summed E-state index contributed by atoms with van der Waals surface area (Å²) >= 11 is 0. The Morgan fingerprint density at radius 2 is 2.00 bits per heavy atom. The number of nitrogens with two attached hydrogens (primary N) is 1. The second-order valence-corrected chi connectivity index (χ2v) is 5.41. The Balaban J connectivity index is 1.93. The summed E-state index contributed by atoms with van der Waals surface area (Å²) < 4.78 is 12.4. The third-order valence-corrected chi connectivity index (χ3v) is 3.48. The van der Waals surface area contributed by atoms with E-state index in [9.17, 15) is 9.59 Å². The molecule has 0 spiro atoms. The number of carbonyl (C=O) groups is 2. The van der Waals surface area contributed by atoms with Gasteiger partial charge in [0.1, 0.15) is 0 Å². The first kappa shape index (κ1) is 19.5. The molecule has 0 atom stereocenters. The summed E-state index contributed by atoms with van der Waals surface area (Å²) in [5, 5.41) is 10.5. The van der Waals surface area contributed by atoms with E-state index < -0.39 is 12.2 Å². The fraction of sp³-hybridized carbons (Fsp3) is 0.412. The lowest BCUT2D eigenvalue weighted by atomic mass is 10.1. The summed E-state index contributed by atoms with van der Waals surface area (Å²) in [4.78, 5) is 23.4. The van der Waals surface area contributed by atoms with Crippen molar-refractivity contribution in [3.63, 3.8) is 0 Å². The summed E-state index contributed by atoms with van der Waals surface area (Å²) in [5.41, 5.74) is 6.58. The number of carbonyl (C=O) groups excluding carboxylic acids is 2. The Labute approximate surface area is 151 Å². The standard InChI is InChI=1S/C17H23N5O4/c1-3-25-15(26-4-2)11-22-10-14(20-21-22)17(24)19-9-12-6-5-7-13(8-12)16(18)23/h5-8,10,15H,3-4,9,11H2,1-2H3,(H2,18,23)(H,19,24). The fourth-order valence-corrected chi connectivity index (χ4v) is 2.28. The van der Waals surface area contributed by atoms with Crippen LogP contribution in [-0.2, 0) is 22.6 Å². The van der Waals surface area contributed by atoms with Crippen molar-refractivity contribution in [2.24, 2.45) is 5.73 Å². The maximum absolute atomic E-state index is 12.2. The van der Waals surface area contributed by atoms with Gasteiger partial charge in [-0.25, -0.2) is 4.68 Å². The smallest absolute Gasteiger partial charge is 0.273 e. The molecule has 2 aromatic rings. The highest BCUT2D eigenvalue weighted by molar-refractivity contribution is 5.93. The predicted molar refractivity (Wildman–Crippen MR) is 93.2 cm³/mol. The number of benzene rings is 1. The number of amides is 2. The average Bonchev–Trinajstić information content (AvgIpc) is 3.09. The number of nitrogens with zero attached hydrogens (tertiary/aromatic N) is 3. The molecule has 3 N–H and O–H groups in total. The molecule has 9 heteroatoms. The Bertz CT molecular complexity index is 740. The lowest BCUT2D eigenvalue weighted by Gasteiger charge is -2.16. The van der Waals surface area contributed by atoms with Crippen LogP contribution in [0.2, 0.25) is 0 Å². The van der Waals surface area contributed by atoms with Crippen LogP contribution in [0.3, 0.4) is 0 Å². The van der Waals surface area contributed by atoms with Crippen molar-refractivity contribution in [3.8, 4) is 0 Å². The first-order chi connectivity index (χ1) is 12.5. The van der Waals surface area contributed by atoms with E-state index in [1.54, 1.807) is 24.3 Å². The van der Waals surface area contributed by atoms with Gasteiger partial charge in [-0.15, -0.1) is 5.10 Å². The maximum Gasteiger partial charge on any atom is 0.273 e. The van der Waals surface area contributed by atoms with Crippen LogP contribution in [0.4, 0.5) is 0 Å². The lowest BCUT2D eigenvalue weighted by molar-refractivity contribution is -0.145. The molecule has 0 saturated heterocycles. The third-order valence-electron chi connectivity index (χ3n) is 3.48. The van der Waals surface area contributed by atoms with Crippen LogP contribution in [0.1, 0.15) is 40.3 Å². The maximum atomic E-state index is 12.2. The van der Waals surface area contributed by atoms with Crippen LogP contribution in [-0.4, -0.2) is 46.3 Å². The monoisotopic (exact) mass is 361 g/mol. The van der Waals surface area contributed by atoms with Crippen LogP contribution in [0.25, 0.3) is 0 Å². The zero-order valence-corrected chi connectivity index (χ0v) is 14.8. The topological polar surface area (TPSA) is 121 Å². The van der Waals surface area contributed by atoms with Crippen LogP contribution < -0.4 is 11.1 Å². The molecule has 1 aromatic carbocycles. The van der Waals surface area contributed by atoms with Gasteiger partial charge in [-0.3, -0.25) is 9.59 Å². The summed E-state index contributed by atoms with van der Waals surface area (Å²) in [6, 6.07) is 6.75. The van der Waals surface area contributed by atoms with Gasteiger partial charge in [-0.05, 0) is 31.5 Å². The second kappa shape index (κ2) is 9.64. The highest BCUT2D eigenvalue weighted by Crippen LogP contribution is 2.05. The Hall–Kier alpha value is -2.78. The molecule has 1 heterocycles. The van der Waals surface area contributed by atoms with Crippen LogP contribution in [0.5, 0.6) is 0 Å². The van der Waals surface area contributed by atoms with Crippen molar-refractivity contribution < 1.29 is 19.1 Å². The number of hydrogen-bond acceptors (Lipinski definition) is 6. The van der Waals surface area contributed by atoms with E-state index in [2.05, 4.69) is 15.6 Å². The Morgan fingerprint density at radius 1 is 1.27 bits per heavy atom. The minimum absolute atomic E-state index is 0.183. The Morgan fingerprint density at radius 3 is 2.65 bits per heavy atom. The normalized spacial score (nSPS) is 10.9. The summed E-state index contributed by atoms with van der Waals surface area (Å²) in [6.45, 7) is 5.35. The van der Waals surface area contributed by atoms with Crippen LogP contribution >= 0.6 is 0 Å². The molecule has 140 valence electrons. The van der Waals surface area contributed by atoms with Gasteiger partial charge in [0.2, 0.25) is 5.91 Å². The van der Waals surface area contributed by atoms with Crippen LogP contribution in [0, 0.1) is 0 Å². The summed E-state index contributed by atoms with van der Waals surface area (Å²) in [7, 11) is 0. The molecule has 0 aliphatic carbocycles. The Kier molecular flexibility index (Phi) is 7.24. The van der Waals surface area contributed by atoms with Crippen molar-refractivity contribution in [2.45, 2.75) is 33.2 Å². The van der Waals surface area contributed by atoms with Gasteiger partial charge in [-0.1, -0.05) is 17.3 Å². The van der Waals surface area contributed by atoms with Crippen molar-refractivity contribution in [1.29, 1.82) is 0 Å². The van der Waals surface area contributed by atoms with Crippen LogP contribution in [0.15, 0.2) is 30.5 Å². The van der Waals surface area contributed by atoms with E-state index in [-0.39, 0.29) is 18.1 Å². The molecule has 0 aliphatic heterocycles. The van der Waals surface area contributed by atoms with Crippen molar-refractivity contribution in [3.05, 3.63) is 47.3 Å². The second-order valence-electron chi connectivity index (χ2n) is 5.41.